The van der Waals surface area contributed by atoms with E-state index in [0.29, 0.717) is 6.61 Å². The molecule has 0 aromatic carbocycles. The fourth-order valence-electron chi connectivity index (χ4n) is 3.05. The second-order valence-corrected chi connectivity index (χ2v) is 6.81. The molecule has 0 amide bonds. The van der Waals surface area contributed by atoms with E-state index in [0.717, 1.165) is 26.2 Å². The summed E-state index contributed by atoms with van der Waals surface area (Å²) in [5, 5.41) is 0. The molecule has 1 heterocycles. The van der Waals surface area contributed by atoms with E-state index in [9.17, 15) is 0 Å². The molecule has 0 aliphatic carbocycles. The maximum absolute atomic E-state index is 5.71. The third kappa shape index (κ3) is 7.19. The van der Waals surface area contributed by atoms with Crippen molar-refractivity contribution in [1.82, 2.24) is 9.80 Å². The Morgan fingerprint density at radius 2 is 1.12 bits per heavy atom. The molecule has 0 aromatic rings. The molecule has 0 radical (unpaired) electrons. The molecular weight excluding hydrogens is 296 g/mol. The minimum absolute atomic E-state index is 0.711. The number of nitrogens with zero attached hydrogens (tertiary/aromatic N) is 2. The van der Waals surface area contributed by atoms with Crippen molar-refractivity contribution in [3.8, 4) is 0 Å². The molecule has 1 aliphatic heterocycles. The third-order valence-corrected chi connectivity index (χ3v) is 4.64. The van der Waals surface area contributed by atoms with Crippen LogP contribution in [0.25, 0.3) is 0 Å². The van der Waals surface area contributed by atoms with Crippen molar-refractivity contribution in [2.45, 2.75) is 79.1 Å². The summed E-state index contributed by atoms with van der Waals surface area (Å²) in [5.41, 5.74) is 2.73. The molecule has 0 atom stereocenters. The Balaban J connectivity index is 2.89. The van der Waals surface area contributed by atoms with Crippen LogP contribution in [0.1, 0.15) is 79.1 Å². The molecule has 0 aromatic heterocycles. The summed E-state index contributed by atoms with van der Waals surface area (Å²) in [5.74, 6) is 0. The van der Waals surface area contributed by atoms with Crippen LogP contribution in [0.2, 0.25) is 0 Å². The quantitative estimate of drug-likeness (QED) is 0.414. The number of unbranched alkanes of at least 4 members (excludes halogenated alkanes) is 4. The second kappa shape index (κ2) is 13.2. The van der Waals surface area contributed by atoms with E-state index < -0.39 is 0 Å². The van der Waals surface area contributed by atoms with E-state index in [-0.39, 0.29) is 0 Å². The monoisotopic (exact) mass is 336 g/mol. The number of rotatable bonds is 14. The lowest BCUT2D eigenvalue weighted by molar-refractivity contribution is 0.223. The lowest BCUT2D eigenvalue weighted by atomic mass is 10.1. The molecular formula is C21H40N2O. The summed E-state index contributed by atoms with van der Waals surface area (Å²) in [6.45, 7) is 14.4. The van der Waals surface area contributed by atoms with Crippen LogP contribution in [0, 0.1) is 0 Å². The van der Waals surface area contributed by atoms with Gasteiger partial charge in [0, 0.05) is 26.2 Å². The molecule has 3 heteroatoms. The van der Waals surface area contributed by atoms with Crippen molar-refractivity contribution >= 4 is 0 Å². The van der Waals surface area contributed by atoms with Crippen LogP contribution in [-0.2, 0) is 4.74 Å². The van der Waals surface area contributed by atoms with Crippen molar-refractivity contribution < 1.29 is 4.74 Å². The van der Waals surface area contributed by atoms with Crippen LogP contribution in [0.15, 0.2) is 23.7 Å². The highest BCUT2D eigenvalue weighted by Gasteiger charge is 2.21. The summed E-state index contributed by atoms with van der Waals surface area (Å²) in [6.07, 6.45) is 14.3. The van der Waals surface area contributed by atoms with Gasteiger partial charge in [-0.2, -0.15) is 0 Å². The molecule has 0 saturated carbocycles. The van der Waals surface area contributed by atoms with Gasteiger partial charge in [0.05, 0.1) is 11.4 Å². The first kappa shape index (κ1) is 20.9. The van der Waals surface area contributed by atoms with Gasteiger partial charge in [-0.1, -0.05) is 53.4 Å². The van der Waals surface area contributed by atoms with Gasteiger partial charge in [0.25, 0.3) is 0 Å². The SMILES string of the molecule is CCCCN(CCCC)C1=CCOC=C1N(CCCC)CCCC. The van der Waals surface area contributed by atoms with Gasteiger partial charge in [-0.15, -0.1) is 0 Å². The van der Waals surface area contributed by atoms with Gasteiger partial charge in [-0.3, -0.25) is 0 Å². The van der Waals surface area contributed by atoms with E-state index in [1.807, 2.05) is 6.26 Å². The summed E-state index contributed by atoms with van der Waals surface area (Å²) in [4.78, 5) is 5.16. The maximum atomic E-state index is 5.71. The molecule has 0 spiro atoms. The van der Waals surface area contributed by atoms with Crippen molar-refractivity contribution in [2.24, 2.45) is 0 Å². The molecule has 0 bridgehead atoms. The van der Waals surface area contributed by atoms with Crippen LogP contribution in [0.5, 0.6) is 0 Å². The third-order valence-electron chi connectivity index (χ3n) is 4.64. The Bertz CT molecular complexity index is 324. The lowest BCUT2D eigenvalue weighted by Crippen LogP contribution is -2.35. The Morgan fingerprint density at radius 1 is 0.708 bits per heavy atom. The molecule has 0 unspecified atom stereocenters. The molecule has 0 N–H and O–H groups in total. The maximum Gasteiger partial charge on any atom is 0.109 e. The Hall–Kier alpha value is -1.12. The standard InChI is InChI=1S/C21H40N2O/c1-5-9-14-22(15-10-6-2)20-13-18-24-19-21(20)23(16-11-7-3)17-12-8-4/h13,19H,5-12,14-18H2,1-4H3. The number of ether oxygens (including phenoxy) is 1. The van der Waals surface area contributed by atoms with Crippen LogP contribution in [0.4, 0.5) is 0 Å². The van der Waals surface area contributed by atoms with Crippen molar-refractivity contribution in [1.29, 1.82) is 0 Å². The highest BCUT2D eigenvalue weighted by Crippen LogP contribution is 2.25. The number of hydrogen-bond donors (Lipinski definition) is 0. The van der Waals surface area contributed by atoms with Crippen molar-refractivity contribution in [3.05, 3.63) is 23.7 Å². The zero-order valence-corrected chi connectivity index (χ0v) is 16.6. The minimum Gasteiger partial charge on any atom is -0.495 e. The molecule has 140 valence electrons. The molecule has 1 rings (SSSR count). The normalized spacial score (nSPS) is 14.0. The summed E-state index contributed by atoms with van der Waals surface area (Å²) < 4.78 is 5.71. The fraction of sp³-hybridized carbons (Fsp3) is 0.810. The van der Waals surface area contributed by atoms with E-state index in [4.69, 9.17) is 4.74 Å². The summed E-state index contributed by atoms with van der Waals surface area (Å²) in [6, 6.07) is 0. The largest absolute Gasteiger partial charge is 0.495 e. The predicted octanol–water partition coefficient (Wildman–Crippen LogP) is 5.55. The Morgan fingerprint density at radius 3 is 1.54 bits per heavy atom. The minimum atomic E-state index is 0.711. The van der Waals surface area contributed by atoms with Crippen LogP contribution in [0.3, 0.4) is 0 Å². The van der Waals surface area contributed by atoms with Gasteiger partial charge in [0.1, 0.15) is 12.9 Å². The van der Waals surface area contributed by atoms with Crippen LogP contribution in [-0.4, -0.2) is 42.6 Å². The predicted molar refractivity (Wildman–Crippen MR) is 105 cm³/mol. The highest BCUT2D eigenvalue weighted by atomic mass is 16.5. The van der Waals surface area contributed by atoms with E-state index in [2.05, 4.69) is 43.6 Å². The van der Waals surface area contributed by atoms with Crippen LogP contribution < -0.4 is 0 Å². The molecule has 3 nitrogen and oxygen atoms in total. The summed E-state index contributed by atoms with van der Waals surface area (Å²) >= 11 is 0. The molecule has 0 fully saturated rings. The highest BCUT2D eigenvalue weighted by molar-refractivity contribution is 5.30. The van der Waals surface area contributed by atoms with E-state index in [1.54, 1.807) is 0 Å². The van der Waals surface area contributed by atoms with Gasteiger partial charge >= 0.3 is 0 Å². The van der Waals surface area contributed by atoms with Gasteiger partial charge in [0.15, 0.2) is 0 Å². The fourth-order valence-corrected chi connectivity index (χ4v) is 3.05. The van der Waals surface area contributed by atoms with Crippen molar-refractivity contribution in [2.75, 3.05) is 32.8 Å². The van der Waals surface area contributed by atoms with Crippen LogP contribution >= 0.6 is 0 Å². The van der Waals surface area contributed by atoms with Gasteiger partial charge < -0.3 is 14.5 Å². The number of hydrogen-bond acceptors (Lipinski definition) is 3. The van der Waals surface area contributed by atoms with Gasteiger partial charge in [0.2, 0.25) is 0 Å². The average molecular weight is 337 g/mol. The van der Waals surface area contributed by atoms with Crippen molar-refractivity contribution in [3.63, 3.8) is 0 Å². The molecule has 0 saturated heterocycles. The Labute approximate surface area is 150 Å². The first-order chi connectivity index (χ1) is 11.8. The molecule has 1 aliphatic rings. The summed E-state index contributed by atoms with van der Waals surface area (Å²) in [7, 11) is 0. The first-order valence-corrected chi connectivity index (χ1v) is 10.3. The Kier molecular flexibility index (Phi) is 11.5. The van der Waals surface area contributed by atoms with Gasteiger partial charge in [-0.05, 0) is 31.8 Å². The zero-order chi connectivity index (χ0) is 17.6. The topological polar surface area (TPSA) is 15.7 Å². The second-order valence-electron chi connectivity index (χ2n) is 6.81. The van der Waals surface area contributed by atoms with E-state index >= 15 is 0 Å². The smallest absolute Gasteiger partial charge is 0.109 e. The van der Waals surface area contributed by atoms with E-state index in [1.165, 1.54) is 62.8 Å². The lowest BCUT2D eigenvalue weighted by Gasteiger charge is -2.36. The first-order valence-electron chi connectivity index (χ1n) is 10.3. The zero-order valence-electron chi connectivity index (χ0n) is 16.6. The average Bonchev–Trinajstić information content (AvgIpc) is 2.62. The molecule has 24 heavy (non-hydrogen) atoms. The van der Waals surface area contributed by atoms with Gasteiger partial charge in [-0.25, -0.2) is 0 Å².